The van der Waals surface area contributed by atoms with E-state index in [0.717, 1.165) is 19.3 Å². The smallest absolute Gasteiger partial charge is 0.280 e. The summed E-state index contributed by atoms with van der Waals surface area (Å²) in [5.41, 5.74) is -0.275. The molecule has 4 saturated carbocycles. The molecule has 2 aromatic rings. The molecule has 0 amide bonds. The number of nitrogens with zero attached hydrogens (tertiary/aromatic N) is 2. The largest absolute Gasteiger partial charge is 0.494 e. The topological polar surface area (TPSA) is 61.2 Å². The number of rotatable bonds is 4. The third kappa shape index (κ3) is 2.60. The molecule has 1 heterocycles. The number of methoxy groups -OCH3 is 1. The van der Waals surface area contributed by atoms with E-state index in [1.165, 1.54) is 44.8 Å². The molecule has 27 heavy (non-hydrogen) atoms. The molecule has 1 aromatic heterocycles. The average Bonchev–Trinajstić information content (AvgIpc) is 2.62. The van der Waals surface area contributed by atoms with Gasteiger partial charge in [0.05, 0.1) is 30.9 Å². The molecule has 4 aliphatic rings. The summed E-state index contributed by atoms with van der Waals surface area (Å²) < 4.78 is 20.8. The summed E-state index contributed by atoms with van der Waals surface area (Å²) in [5, 5.41) is 0.272. The van der Waals surface area contributed by atoms with E-state index in [1.54, 1.807) is 4.57 Å². The van der Waals surface area contributed by atoms with Crippen molar-refractivity contribution in [3.05, 3.63) is 34.6 Å². The molecule has 142 valence electrons. The van der Waals surface area contributed by atoms with E-state index in [1.807, 2.05) is 0 Å². The number of hydrogen-bond donors (Lipinski definition) is 0. The number of ether oxygens (including phenoxy) is 1. The number of carbonyl (C=O) groups is 1. The molecule has 4 aliphatic carbocycles. The lowest BCUT2D eigenvalue weighted by atomic mass is 9.48. The summed E-state index contributed by atoms with van der Waals surface area (Å²) in [5.74, 6) is 1.73. The Balaban J connectivity index is 1.51. The van der Waals surface area contributed by atoms with Crippen LogP contribution in [0.15, 0.2) is 23.3 Å². The Bertz CT molecular complexity index is 962. The molecular formula is C21H23FN2O3. The van der Waals surface area contributed by atoms with Gasteiger partial charge in [-0.2, -0.15) is 4.98 Å². The predicted octanol–water partition coefficient (Wildman–Crippen LogP) is 3.33. The fourth-order valence-corrected chi connectivity index (χ4v) is 6.26. The molecule has 0 unspecified atom stereocenters. The van der Waals surface area contributed by atoms with Crippen LogP contribution >= 0.6 is 0 Å². The van der Waals surface area contributed by atoms with Gasteiger partial charge in [-0.3, -0.25) is 9.59 Å². The van der Waals surface area contributed by atoms with Crippen LogP contribution in [0.25, 0.3) is 10.9 Å². The van der Waals surface area contributed by atoms with E-state index in [2.05, 4.69) is 4.98 Å². The monoisotopic (exact) mass is 370 g/mol. The second-order valence-electron chi connectivity index (χ2n) is 8.80. The number of Topliss-reactive ketones (excluding diaryl/α,β-unsaturated/α-hetero) is 1. The molecule has 4 bridgehead atoms. The Labute approximate surface area is 156 Å². The van der Waals surface area contributed by atoms with Gasteiger partial charge in [0.25, 0.3) is 5.56 Å². The molecule has 0 radical (unpaired) electrons. The second-order valence-corrected chi connectivity index (χ2v) is 8.80. The first kappa shape index (κ1) is 16.9. The first-order chi connectivity index (χ1) is 13.0. The first-order valence-electron chi connectivity index (χ1n) is 9.73. The van der Waals surface area contributed by atoms with Crippen LogP contribution in [0.1, 0.15) is 38.5 Å². The molecule has 0 atom stereocenters. The number of halogens is 1. The maximum atomic E-state index is 14.2. The third-order valence-corrected chi connectivity index (χ3v) is 7.07. The van der Waals surface area contributed by atoms with Crippen molar-refractivity contribution in [3.63, 3.8) is 0 Å². The zero-order chi connectivity index (χ0) is 18.8. The molecule has 4 fully saturated rings. The van der Waals surface area contributed by atoms with Crippen molar-refractivity contribution < 1.29 is 13.9 Å². The zero-order valence-corrected chi connectivity index (χ0v) is 15.4. The molecule has 1 aromatic carbocycles. The lowest BCUT2D eigenvalue weighted by Gasteiger charge is -2.56. The quantitative estimate of drug-likeness (QED) is 0.828. The molecule has 5 nitrogen and oxygen atoms in total. The van der Waals surface area contributed by atoms with Crippen LogP contribution in [0.5, 0.6) is 5.75 Å². The van der Waals surface area contributed by atoms with Crippen LogP contribution in [0, 0.1) is 29.0 Å². The van der Waals surface area contributed by atoms with Gasteiger partial charge in [0.15, 0.2) is 17.3 Å². The van der Waals surface area contributed by atoms with Gasteiger partial charge in [0.2, 0.25) is 0 Å². The lowest BCUT2D eigenvalue weighted by molar-refractivity contribution is -0.144. The van der Waals surface area contributed by atoms with Gasteiger partial charge in [0.1, 0.15) is 0 Å². The van der Waals surface area contributed by atoms with Crippen molar-refractivity contribution in [2.75, 3.05) is 7.11 Å². The van der Waals surface area contributed by atoms with Crippen molar-refractivity contribution in [1.82, 2.24) is 9.55 Å². The zero-order valence-electron chi connectivity index (χ0n) is 15.4. The molecule has 6 rings (SSSR count). The molecule has 0 aliphatic heterocycles. The fourth-order valence-electron chi connectivity index (χ4n) is 6.26. The summed E-state index contributed by atoms with van der Waals surface area (Å²) in [6, 6.07) is 2.63. The van der Waals surface area contributed by atoms with Crippen molar-refractivity contribution in [1.29, 1.82) is 0 Å². The van der Waals surface area contributed by atoms with Gasteiger partial charge >= 0.3 is 0 Å². The maximum absolute atomic E-state index is 14.2. The minimum Gasteiger partial charge on any atom is -0.494 e. The van der Waals surface area contributed by atoms with E-state index >= 15 is 0 Å². The van der Waals surface area contributed by atoms with Crippen molar-refractivity contribution in [2.24, 2.45) is 23.2 Å². The lowest BCUT2D eigenvalue weighted by Crippen LogP contribution is -2.50. The predicted molar refractivity (Wildman–Crippen MR) is 98.1 cm³/mol. The summed E-state index contributed by atoms with van der Waals surface area (Å²) in [7, 11) is 1.36. The summed E-state index contributed by atoms with van der Waals surface area (Å²) in [6.07, 6.45) is 8.18. The Morgan fingerprint density at radius 2 is 1.85 bits per heavy atom. The Kier molecular flexibility index (Phi) is 3.68. The van der Waals surface area contributed by atoms with E-state index in [9.17, 15) is 14.0 Å². The van der Waals surface area contributed by atoms with E-state index in [0.29, 0.717) is 23.3 Å². The highest BCUT2D eigenvalue weighted by Crippen LogP contribution is 2.60. The van der Waals surface area contributed by atoms with Crippen LogP contribution in [0.2, 0.25) is 0 Å². The number of benzene rings is 1. The van der Waals surface area contributed by atoms with Gasteiger partial charge in [-0.05, 0) is 62.3 Å². The van der Waals surface area contributed by atoms with E-state index in [4.69, 9.17) is 4.74 Å². The Morgan fingerprint density at radius 3 is 2.44 bits per heavy atom. The van der Waals surface area contributed by atoms with Crippen molar-refractivity contribution in [2.45, 2.75) is 45.1 Å². The Morgan fingerprint density at radius 1 is 1.22 bits per heavy atom. The van der Waals surface area contributed by atoms with Gasteiger partial charge < -0.3 is 9.30 Å². The van der Waals surface area contributed by atoms with Gasteiger partial charge in [-0.15, -0.1) is 0 Å². The number of ketones is 1. The Hall–Kier alpha value is -2.24. The second kappa shape index (κ2) is 5.88. The standard InChI is InChI=1S/C21H23FN2O3/c1-27-18-5-15-17(6-16(18)22)24(11-23-20(15)26)10-19(25)21-7-12-2-13(8-21)4-14(3-12)9-21/h5-6,11-14H,2-4,7-10H2,1H3. The molecule has 0 N–H and O–H groups in total. The first-order valence-corrected chi connectivity index (χ1v) is 9.73. The number of aromatic nitrogens is 2. The minimum atomic E-state index is -0.549. The van der Waals surface area contributed by atoms with Crippen LogP contribution < -0.4 is 10.3 Å². The van der Waals surface area contributed by atoms with Gasteiger partial charge in [0, 0.05) is 11.5 Å². The third-order valence-electron chi connectivity index (χ3n) is 7.07. The average molecular weight is 370 g/mol. The van der Waals surface area contributed by atoms with Crippen molar-refractivity contribution >= 4 is 16.7 Å². The van der Waals surface area contributed by atoms with Crippen molar-refractivity contribution in [3.8, 4) is 5.75 Å². The number of fused-ring (bicyclic) bond motifs is 1. The van der Waals surface area contributed by atoms with E-state index < -0.39 is 11.4 Å². The maximum Gasteiger partial charge on any atom is 0.280 e. The number of hydrogen-bond acceptors (Lipinski definition) is 4. The van der Waals surface area contributed by atoms with Crippen LogP contribution in [0.4, 0.5) is 4.39 Å². The highest BCUT2D eigenvalue weighted by atomic mass is 19.1. The SMILES string of the molecule is COc1cc2c(=O)ncn(CC(=O)C34CC5CC(CC(C5)C3)C4)c2cc1F. The molecule has 0 saturated heterocycles. The molecular weight excluding hydrogens is 347 g/mol. The summed E-state index contributed by atoms with van der Waals surface area (Å²) in [4.78, 5) is 29.4. The highest BCUT2D eigenvalue weighted by molar-refractivity contribution is 5.87. The van der Waals surface area contributed by atoms with E-state index in [-0.39, 0.29) is 28.9 Å². The molecule has 0 spiro atoms. The highest BCUT2D eigenvalue weighted by Gasteiger charge is 2.54. The summed E-state index contributed by atoms with van der Waals surface area (Å²) in [6.45, 7) is 0.141. The van der Waals surface area contributed by atoms with Crippen LogP contribution in [-0.2, 0) is 11.3 Å². The fraction of sp³-hybridized carbons (Fsp3) is 0.571. The van der Waals surface area contributed by atoms with Gasteiger partial charge in [-0.25, -0.2) is 4.39 Å². The number of carbonyl (C=O) groups excluding carboxylic acids is 1. The molecule has 6 heteroatoms. The minimum absolute atomic E-state index is 0.00607. The van der Waals surface area contributed by atoms with Gasteiger partial charge in [-0.1, -0.05) is 0 Å². The normalized spacial score (nSPS) is 31.4. The van der Waals surface area contributed by atoms with Crippen LogP contribution in [-0.4, -0.2) is 22.4 Å². The summed E-state index contributed by atoms with van der Waals surface area (Å²) >= 11 is 0. The van der Waals surface area contributed by atoms with Crippen LogP contribution in [0.3, 0.4) is 0 Å².